The predicted octanol–water partition coefficient (Wildman–Crippen LogP) is 5.86. The normalized spacial score (nSPS) is 24.6. The predicted molar refractivity (Wildman–Crippen MR) is 137 cm³/mol. The molecular formula is C29H28F7N5O. The van der Waals surface area contributed by atoms with Gasteiger partial charge in [-0.3, -0.25) is 9.69 Å². The van der Waals surface area contributed by atoms with Crippen LogP contribution in [0, 0.1) is 5.92 Å². The number of benzene rings is 2. The Labute approximate surface area is 236 Å². The molecule has 1 aromatic heterocycles. The first-order chi connectivity index (χ1) is 19.6. The molecule has 6 nitrogen and oxygen atoms in total. The molecule has 2 atom stereocenters. The van der Waals surface area contributed by atoms with Crippen molar-refractivity contribution in [1.29, 1.82) is 0 Å². The van der Waals surface area contributed by atoms with Crippen molar-refractivity contribution in [2.45, 2.75) is 62.2 Å². The number of hydrogen-bond acceptors (Lipinski definition) is 4. The van der Waals surface area contributed by atoms with Gasteiger partial charge in [-0.15, -0.1) is 10.2 Å². The first-order valence-electron chi connectivity index (χ1n) is 13.6. The summed E-state index contributed by atoms with van der Waals surface area (Å²) in [6, 6.07) is 7.47. The van der Waals surface area contributed by atoms with E-state index in [4.69, 9.17) is 0 Å². The molecule has 2 fully saturated rings. The van der Waals surface area contributed by atoms with Crippen LogP contribution in [0.25, 0.3) is 0 Å². The van der Waals surface area contributed by atoms with E-state index in [-0.39, 0.29) is 36.3 Å². The first-order valence-corrected chi connectivity index (χ1v) is 13.6. The van der Waals surface area contributed by atoms with Crippen molar-refractivity contribution in [3.05, 3.63) is 81.9 Å². The number of carbonyl (C=O) groups excluding carboxylic acids is 1. The number of nitrogens with zero attached hydrogens (tertiary/aromatic N) is 4. The summed E-state index contributed by atoms with van der Waals surface area (Å²) in [5.41, 5.74) is -1.66. The number of aromatic nitrogens is 3. The van der Waals surface area contributed by atoms with Crippen molar-refractivity contribution in [2.24, 2.45) is 13.0 Å². The zero-order valence-corrected chi connectivity index (χ0v) is 22.8. The van der Waals surface area contributed by atoms with E-state index in [1.54, 1.807) is 40.8 Å². The third-order valence-corrected chi connectivity index (χ3v) is 8.81. The minimum absolute atomic E-state index is 0.0133. The lowest BCUT2D eigenvalue weighted by atomic mass is 9.61. The van der Waals surface area contributed by atoms with Crippen LogP contribution < -0.4 is 5.32 Å². The van der Waals surface area contributed by atoms with Crippen LogP contribution in [0.2, 0.25) is 0 Å². The molecule has 6 rings (SSSR count). The number of alkyl halides is 7. The van der Waals surface area contributed by atoms with Gasteiger partial charge in [0, 0.05) is 63.0 Å². The second kappa shape index (κ2) is 9.51. The summed E-state index contributed by atoms with van der Waals surface area (Å²) >= 11 is 0. The molecule has 2 aromatic carbocycles. The average Bonchev–Trinajstić information content (AvgIpc) is 3.47. The maximum atomic E-state index is 14.5. The molecule has 42 heavy (non-hydrogen) atoms. The number of fused-ring (bicyclic) bond motifs is 1. The standard InChI is InChI=1S/C29H28F7N5O/c1-16-11-41(7-6-28(16,32)33)12-17-8-20-22(21(9-17)29(34,35)36)23(38-24(20)42)18-4-3-5-19(10-18)26(13-27(30,31)14-26)25-39-37-15-40(25)2/h3-5,8-10,15-16,23H,6-7,11-14H2,1-2H3,(H,38,42)/t16-,23?/m1/s1. The van der Waals surface area contributed by atoms with Crippen molar-refractivity contribution in [1.82, 2.24) is 25.0 Å². The fraction of sp³-hybridized carbons (Fsp3) is 0.483. The Morgan fingerprint density at radius 2 is 1.83 bits per heavy atom. The molecule has 0 spiro atoms. The third kappa shape index (κ3) is 4.75. The summed E-state index contributed by atoms with van der Waals surface area (Å²) in [5, 5.41) is 10.5. The van der Waals surface area contributed by atoms with E-state index in [9.17, 15) is 35.5 Å². The van der Waals surface area contributed by atoms with Gasteiger partial charge in [0.25, 0.3) is 17.8 Å². The molecule has 1 saturated carbocycles. The van der Waals surface area contributed by atoms with Crippen LogP contribution in [0.5, 0.6) is 0 Å². The second-order valence-electron chi connectivity index (χ2n) is 11.8. The number of halogens is 7. The van der Waals surface area contributed by atoms with Crippen molar-refractivity contribution in [2.75, 3.05) is 13.1 Å². The minimum Gasteiger partial charge on any atom is -0.341 e. The lowest BCUT2D eigenvalue weighted by Crippen LogP contribution is -2.51. The minimum atomic E-state index is -4.82. The van der Waals surface area contributed by atoms with Gasteiger partial charge in [0.15, 0.2) is 0 Å². The van der Waals surface area contributed by atoms with Gasteiger partial charge in [0.2, 0.25) is 0 Å². The molecule has 1 N–H and O–H groups in total. The molecule has 3 heterocycles. The van der Waals surface area contributed by atoms with Crippen LogP contribution >= 0.6 is 0 Å². The molecule has 1 saturated heterocycles. The Morgan fingerprint density at radius 3 is 2.45 bits per heavy atom. The highest BCUT2D eigenvalue weighted by molar-refractivity contribution is 6.00. The highest BCUT2D eigenvalue weighted by Gasteiger charge is 2.60. The highest BCUT2D eigenvalue weighted by Crippen LogP contribution is 2.57. The van der Waals surface area contributed by atoms with Gasteiger partial charge < -0.3 is 9.88 Å². The van der Waals surface area contributed by atoms with Gasteiger partial charge in [-0.2, -0.15) is 13.2 Å². The zero-order chi connectivity index (χ0) is 30.2. The second-order valence-corrected chi connectivity index (χ2v) is 11.8. The van der Waals surface area contributed by atoms with Gasteiger partial charge in [0.05, 0.1) is 17.0 Å². The van der Waals surface area contributed by atoms with Gasteiger partial charge in [-0.25, -0.2) is 17.6 Å². The van der Waals surface area contributed by atoms with Crippen LogP contribution in [-0.2, 0) is 25.2 Å². The lowest BCUT2D eigenvalue weighted by Gasteiger charge is -2.46. The number of amides is 1. The molecule has 1 amide bonds. The van der Waals surface area contributed by atoms with E-state index in [0.717, 1.165) is 6.07 Å². The maximum Gasteiger partial charge on any atom is 0.416 e. The quantitative estimate of drug-likeness (QED) is 0.376. The van der Waals surface area contributed by atoms with E-state index in [1.165, 1.54) is 19.3 Å². The largest absolute Gasteiger partial charge is 0.416 e. The number of piperidine rings is 1. The molecule has 2 aliphatic heterocycles. The monoisotopic (exact) mass is 595 g/mol. The Kier molecular flexibility index (Phi) is 6.49. The summed E-state index contributed by atoms with van der Waals surface area (Å²) < 4.78 is 101. The van der Waals surface area contributed by atoms with Crippen molar-refractivity contribution < 1.29 is 35.5 Å². The van der Waals surface area contributed by atoms with Crippen LogP contribution in [0.15, 0.2) is 42.7 Å². The fourth-order valence-corrected chi connectivity index (χ4v) is 6.69. The van der Waals surface area contributed by atoms with E-state index in [1.807, 2.05) is 0 Å². The van der Waals surface area contributed by atoms with Crippen LogP contribution in [0.1, 0.15) is 76.2 Å². The van der Waals surface area contributed by atoms with E-state index in [2.05, 4.69) is 15.5 Å². The molecular weight excluding hydrogens is 567 g/mol. The van der Waals surface area contributed by atoms with Crippen LogP contribution in [0.4, 0.5) is 30.7 Å². The molecule has 0 bridgehead atoms. The molecule has 224 valence electrons. The van der Waals surface area contributed by atoms with Crippen molar-refractivity contribution in [3.63, 3.8) is 0 Å². The molecule has 13 heteroatoms. The van der Waals surface area contributed by atoms with Gasteiger partial charge in [-0.05, 0) is 28.8 Å². The number of hydrogen-bond donors (Lipinski definition) is 1. The molecule has 1 aliphatic carbocycles. The van der Waals surface area contributed by atoms with Crippen molar-refractivity contribution in [3.8, 4) is 0 Å². The Morgan fingerprint density at radius 1 is 1.10 bits per heavy atom. The summed E-state index contributed by atoms with van der Waals surface area (Å²) in [5.74, 6) is -7.13. The molecule has 3 aliphatic rings. The SMILES string of the molecule is C[C@@H]1CN(Cc2cc3c(c(C(F)(F)F)c2)C(c2cccc(C4(c5nncn5C)CC(F)(F)C4)c2)NC3=O)CCC1(F)F. The number of rotatable bonds is 5. The Bertz CT molecular complexity index is 1540. The molecule has 1 unspecified atom stereocenters. The zero-order valence-electron chi connectivity index (χ0n) is 22.8. The summed E-state index contributed by atoms with van der Waals surface area (Å²) in [7, 11) is 1.63. The topological polar surface area (TPSA) is 63.1 Å². The Hall–Kier alpha value is -3.48. The number of carbonyl (C=O) groups is 1. The number of aryl methyl sites for hydroxylation is 1. The number of nitrogens with one attached hydrogen (secondary N) is 1. The van der Waals surface area contributed by atoms with Gasteiger partial charge in [-0.1, -0.05) is 31.2 Å². The van der Waals surface area contributed by atoms with E-state index in [0.29, 0.717) is 17.0 Å². The molecule has 0 radical (unpaired) electrons. The van der Waals surface area contributed by atoms with Crippen LogP contribution in [0.3, 0.4) is 0 Å². The Balaban J connectivity index is 1.38. The lowest BCUT2D eigenvalue weighted by molar-refractivity contribution is -0.138. The smallest absolute Gasteiger partial charge is 0.341 e. The maximum absolute atomic E-state index is 14.5. The van der Waals surface area contributed by atoms with E-state index >= 15 is 0 Å². The first kappa shape index (κ1) is 28.6. The fourth-order valence-electron chi connectivity index (χ4n) is 6.69. The summed E-state index contributed by atoms with van der Waals surface area (Å²) in [6.45, 7) is 1.42. The van der Waals surface area contributed by atoms with Gasteiger partial charge in [0.1, 0.15) is 12.2 Å². The summed E-state index contributed by atoms with van der Waals surface area (Å²) in [6.07, 6.45) is -4.90. The summed E-state index contributed by atoms with van der Waals surface area (Å²) in [4.78, 5) is 14.7. The number of likely N-dealkylation sites (tertiary alicyclic amines) is 1. The van der Waals surface area contributed by atoms with Crippen molar-refractivity contribution >= 4 is 5.91 Å². The van der Waals surface area contributed by atoms with Gasteiger partial charge >= 0.3 is 6.18 Å². The van der Waals surface area contributed by atoms with Crippen LogP contribution in [-0.4, -0.2) is 50.5 Å². The average molecular weight is 596 g/mol. The highest BCUT2D eigenvalue weighted by atomic mass is 19.4. The van der Waals surface area contributed by atoms with E-state index < -0.39 is 66.1 Å². The molecule has 3 aromatic rings. The third-order valence-electron chi connectivity index (χ3n) is 8.81.